The maximum atomic E-state index is 12.1. The number of benzene rings is 3. The molecule has 0 saturated carbocycles. The van der Waals surface area contributed by atoms with Gasteiger partial charge in [-0.25, -0.2) is 4.79 Å². The summed E-state index contributed by atoms with van der Waals surface area (Å²) in [5.41, 5.74) is 1.61. The standard InChI is InChI=1S/C21H18N2O5/c24-21(28-15-17-10-5-2-6-11-17)22-18-12-7-13-19(23(25)26)20(18)27-14-16-8-3-1-4-9-16/h1-13H,14-15H2,(H,22,24). The molecule has 7 nitrogen and oxygen atoms in total. The quantitative estimate of drug-likeness (QED) is 0.465. The molecule has 0 heterocycles. The van der Waals surface area contributed by atoms with Gasteiger partial charge < -0.3 is 9.47 Å². The summed E-state index contributed by atoms with van der Waals surface area (Å²) >= 11 is 0. The van der Waals surface area contributed by atoms with Crippen LogP contribution in [0.25, 0.3) is 0 Å². The highest BCUT2D eigenvalue weighted by atomic mass is 16.6. The molecule has 28 heavy (non-hydrogen) atoms. The molecule has 3 rings (SSSR count). The molecule has 1 N–H and O–H groups in total. The van der Waals surface area contributed by atoms with Gasteiger partial charge in [-0.15, -0.1) is 0 Å². The number of hydrogen-bond donors (Lipinski definition) is 1. The minimum Gasteiger partial charge on any atom is -0.480 e. The lowest BCUT2D eigenvalue weighted by Crippen LogP contribution is -2.15. The number of nitrogens with zero attached hydrogens (tertiary/aromatic N) is 1. The van der Waals surface area contributed by atoms with E-state index in [9.17, 15) is 14.9 Å². The van der Waals surface area contributed by atoms with Crippen LogP contribution in [0.4, 0.5) is 16.2 Å². The highest BCUT2D eigenvalue weighted by molar-refractivity contribution is 5.88. The Morgan fingerprint density at radius 3 is 2.07 bits per heavy atom. The fraction of sp³-hybridized carbons (Fsp3) is 0.0952. The van der Waals surface area contributed by atoms with E-state index in [-0.39, 0.29) is 30.3 Å². The average Bonchev–Trinajstić information content (AvgIpc) is 2.72. The summed E-state index contributed by atoms with van der Waals surface area (Å²) in [5.74, 6) is -0.0204. The van der Waals surface area contributed by atoms with Crippen LogP contribution in [0.15, 0.2) is 78.9 Å². The fourth-order valence-corrected chi connectivity index (χ4v) is 2.52. The second kappa shape index (κ2) is 9.18. The Kier molecular flexibility index (Phi) is 6.20. The summed E-state index contributed by atoms with van der Waals surface area (Å²) in [6.07, 6.45) is -0.728. The van der Waals surface area contributed by atoms with Crippen molar-refractivity contribution in [3.8, 4) is 5.75 Å². The first-order chi connectivity index (χ1) is 13.6. The predicted octanol–water partition coefficient (Wildman–Crippen LogP) is 4.92. The van der Waals surface area contributed by atoms with Crippen molar-refractivity contribution >= 4 is 17.5 Å². The van der Waals surface area contributed by atoms with Gasteiger partial charge in [0.05, 0.1) is 10.6 Å². The van der Waals surface area contributed by atoms with Gasteiger partial charge in [-0.3, -0.25) is 15.4 Å². The highest BCUT2D eigenvalue weighted by Crippen LogP contribution is 2.35. The summed E-state index contributed by atoms with van der Waals surface area (Å²) in [6.45, 7) is 0.210. The van der Waals surface area contributed by atoms with Crippen molar-refractivity contribution in [3.05, 3.63) is 100 Å². The average molecular weight is 378 g/mol. The normalized spacial score (nSPS) is 10.1. The van der Waals surface area contributed by atoms with Crippen LogP contribution in [0.2, 0.25) is 0 Å². The second-order valence-corrected chi connectivity index (χ2v) is 5.87. The van der Waals surface area contributed by atoms with Crippen molar-refractivity contribution in [2.24, 2.45) is 0 Å². The van der Waals surface area contributed by atoms with Gasteiger partial charge >= 0.3 is 11.8 Å². The van der Waals surface area contributed by atoms with E-state index in [4.69, 9.17) is 9.47 Å². The minimum absolute atomic E-state index is 0.0204. The Bertz CT molecular complexity index is 946. The van der Waals surface area contributed by atoms with Crippen LogP contribution in [0.3, 0.4) is 0 Å². The number of amides is 1. The zero-order chi connectivity index (χ0) is 19.8. The third kappa shape index (κ3) is 5.07. The molecule has 0 atom stereocenters. The number of carbonyl (C=O) groups excluding carboxylic acids is 1. The van der Waals surface area contributed by atoms with E-state index in [1.165, 1.54) is 18.2 Å². The van der Waals surface area contributed by atoms with Crippen LogP contribution in [0.1, 0.15) is 11.1 Å². The number of nitro benzene ring substituents is 1. The summed E-state index contributed by atoms with van der Waals surface area (Å²) in [5, 5.41) is 13.9. The number of hydrogen-bond acceptors (Lipinski definition) is 5. The van der Waals surface area contributed by atoms with Gasteiger partial charge in [0, 0.05) is 6.07 Å². The molecule has 0 bridgehead atoms. The molecule has 0 spiro atoms. The van der Waals surface area contributed by atoms with Gasteiger partial charge in [-0.1, -0.05) is 66.7 Å². The molecule has 0 saturated heterocycles. The Hall–Kier alpha value is -3.87. The first-order valence-corrected chi connectivity index (χ1v) is 8.55. The lowest BCUT2D eigenvalue weighted by molar-refractivity contribution is -0.385. The second-order valence-electron chi connectivity index (χ2n) is 5.87. The van der Waals surface area contributed by atoms with Gasteiger partial charge in [0.25, 0.3) is 0 Å². The topological polar surface area (TPSA) is 90.7 Å². The number of para-hydroxylation sites is 1. The smallest absolute Gasteiger partial charge is 0.412 e. The monoisotopic (exact) mass is 378 g/mol. The van der Waals surface area contributed by atoms with Crippen molar-refractivity contribution in [3.63, 3.8) is 0 Å². The van der Waals surface area contributed by atoms with Crippen LogP contribution in [0, 0.1) is 10.1 Å². The largest absolute Gasteiger partial charge is 0.480 e. The molecule has 0 radical (unpaired) electrons. The Balaban J connectivity index is 1.73. The van der Waals surface area contributed by atoms with Gasteiger partial charge in [0.15, 0.2) is 0 Å². The van der Waals surface area contributed by atoms with Crippen LogP contribution in [-0.4, -0.2) is 11.0 Å². The van der Waals surface area contributed by atoms with E-state index in [0.29, 0.717) is 0 Å². The summed E-state index contributed by atoms with van der Waals surface area (Å²) in [6, 6.07) is 22.8. The molecule has 1 amide bonds. The first kappa shape index (κ1) is 18.9. The molecule has 0 aliphatic heterocycles. The zero-order valence-corrected chi connectivity index (χ0v) is 14.9. The lowest BCUT2D eigenvalue weighted by atomic mass is 10.2. The Labute approximate surface area is 161 Å². The highest BCUT2D eigenvalue weighted by Gasteiger charge is 2.21. The van der Waals surface area contributed by atoms with Gasteiger partial charge in [-0.2, -0.15) is 0 Å². The van der Waals surface area contributed by atoms with E-state index < -0.39 is 11.0 Å². The van der Waals surface area contributed by atoms with E-state index in [0.717, 1.165) is 11.1 Å². The van der Waals surface area contributed by atoms with Crippen molar-refractivity contribution in [1.29, 1.82) is 0 Å². The zero-order valence-electron chi connectivity index (χ0n) is 14.9. The van der Waals surface area contributed by atoms with Gasteiger partial charge in [-0.05, 0) is 17.2 Å². The van der Waals surface area contributed by atoms with Crippen LogP contribution in [-0.2, 0) is 18.0 Å². The SMILES string of the molecule is O=C(Nc1cccc([N+](=O)[O-])c1OCc1ccccc1)OCc1ccccc1. The van der Waals surface area contributed by atoms with Crippen LogP contribution < -0.4 is 10.1 Å². The Morgan fingerprint density at radius 1 is 0.857 bits per heavy atom. The van der Waals surface area contributed by atoms with E-state index in [1.807, 2.05) is 60.7 Å². The van der Waals surface area contributed by atoms with Gasteiger partial charge in [0.1, 0.15) is 13.2 Å². The van der Waals surface area contributed by atoms with E-state index in [2.05, 4.69) is 5.32 Å². The molecular formula is C21H18N2O5. The summed E-state index contributed by atoms with van der Waals surface area (Å²) in [7, 11) is 0. The van der Waals surface area contributed by atoms with E-state index in [1.54, 1.807) is 0 Å². The fourth-order valence-electron chi connectivity index (χ4n) is 2.52. The lowest BCUT2D eigenvalue weighted by Gasteiger charge is -2.13. The molecule has 0 aromatic heterocycles. The third-order valence-corrected chi connectivity index (χ3v) is 3.87. The molecular weight excluding hydrogens is 360 g/mol. The molecule has 0 aliphatic rings. The number of anilines is 1. The molecule has 3 aromatic rings. The minimum atomic E-state index is -0.728. The van der Waals surface area contributed by atoms with Crippen molar-refractivity contribution < 1.29 is 19.2 Å². The Morgan fingerprint density at radius 2 is 1.46 bits per heavy atom. The number of nitrogens with one attached hydrogen (secondary N) is 1. The van der Waals surface area contributed by atoms with Gasteiger partial charge in [0.2, 0.25) is 5.75 Å². The third-order valence-electron chi connectivity index (χ3n) is 3.87. The number of nitro groups is 1. The van der Waals surface area contributed by atoms with Crippen LogP contribution in [0.5, 0.6) is 5.75 Å². The molecule has 142 valence electrons. The molecule has 0 aliphatic carbocycles. The number of rotatable bonds is 7. The van der Waals surface area contributed by atoms with Crippen molar-refractivity contribution in [2.75, 3.05) is 5.32 Å². The predicted molar refractivity (Wildman–Crippen MR) is 104 cm³/mol. The summed E-state index contributed by atoms with van der Waals surface area (Å²) < 4.78 is 10.8. The first-order valence-electron chi connectivity index (χ1n) is 8.55. The molecule has 7 heteroatoms. The summed E-state index contributed by atoms with van der Waals surface area (Å²) in [4.78, 5) is 22.9. The van der Waals surface area contributed by atoms with E-state index >= 15 is 0 Å². The van der Waals surface area contributed by atoms with Crippen molar-refractivity contribution in [1.82, 2.24) is 0 Å². The number of ether oxygens (including phenoxy) is 2. The van der Waals surface area contributed by atoms with Crippen molar-refractivity contribution in [2.45, 2.75) is 13.2 Å². The maximum Gasteiger partial charge on any atom is 0.412 e. The molecule has 0 fully saturated rings. The maximum absolute atomic E-state index is 12.1. The van der Waals surface area contributed by atoms with Crippen LogP contribution >= 0.6 is 0 Å². The molecule has 0 unspecified atom stereocenters. The number of carbonyl (C=O) groups is 1. The molecule has 3 aromatic carbocycles.